The maximum atomic E-state index is 5.27. The Balaban J connectivity index is 2.18. The van der Waals surface area contributed by atoms with Crippen molar-refractivity contribution in [2.24, 2.45) is 0 Å². The van der Waals surface area contributed by atoms with Crippen molar-refractivity contribution >= 4 is 15.9 Å². The molecule has 0 atom stereocenters. The predicted octanol–water partition coefficient (Wildman–Crippen LogP) is 2.54. The molecular formula is C13H17BrN4O. The lowest BCUT2D eigenvalue weighted by atomic mass is 10.3. The Bertz CT molecular complexity index is 553. The second-order valence-electron chi connectivity index (χ2n) is 4.51. The number of ether oxygens (including phenoxy) is 1. The molecule has 0 spiro atoms. The normalized spacial score (nSPS) is 11.0. The van der Waals surface area contributed by atoms with Crippen LogP contribution in [0.3, 0.4) is 0 Å². The number of benzene rings is 1. The molecule has 1 aromatic heterocycles. The topological polar surface area (TPSA) is 52.0 Å². The minimum absolute atomic E-state index is 0.429. The van der Waals surface area contributed by atoms with Crippen LogP contribution in [0.1, 0.15) is 19.5 Å². The lowest BCUT2D eigenvalue weighted by Gasteiger charge is -2.06. The first-order chi connectivity index (χ1) is 9.10. The van der Waals surface area contributed by atoms with Gasteiger partial charge in [0, 0.05) is 18.7 Å². The standard InChI is InChI=1S/C13H17BrN4O/c1-9(2)15-7-10-8-18(17-16-10)11-4-5-12(14)13(6-11)19-3/h4-6,8-9,15H,7H2,1-3H3. The molecule has 5 nitrogen and oxygen atoms in total. The van der Waals surface area contributed by atoms with Crippen molar-refractivity contribution in [1.29, 1.82) is 0 Å². The van der Waals surface area contributed by atoms with E-state index < -0.39 is 0 Å². The van der Waals surface area contributed by atoms with Crippen LogP contribution in [0.4, 0.5) is 0 Å². The zero-order valence-electron chi connectivity index (χ0n) is 11.2. The zero-order chi connectivity index (χ0) is 13.8. The second kappa shape index (κ2) is 6.16. The number of aromatic nitrogens is 3. The number of rotatable bonds is 5. The molecule has 1 aromatic carbocycles. The van der Waals surface area contributed by atoms with E-state index in [1.54, 1.807) is 11.8 Å². The first-order valence-electron chi connectivity index (χ1n) is 6.08. The summed E-state index contributed by atoms with van der Waals surface area (Å²) in [5, 5.41) is 11.6. The third kappa shape index (κ3) is 3.54. The fraction of sp³-hybridized carbons (Fsp3) is 0.385. The maximum Gasteiger partial charge on any atom is 0.135 e. The number of nitrogens with one attached hydrogen (secondary N) is 1. The molecule has 0 aliphatic heterocycles. The molecular weight excluding hydrogens is 308 g/mol. The molecule has 2 rings (SSSR count). The van der Waals surface area contributed by atoms with Gasteiger partial charge in [-0.1, -0.05) is 19.1 Å². The van der Waals surface area contributed by atoms with Gasteiger partial charge in [-0.05, 0) is 28.1 Å². The molecule has 1 N–H and O–H groups in total. The van der Waals surface area contributed by atoms with Gasteiger partial charge in [0.1, 0.15) is 5.75 Å². The lowest BCUT2D eigenvalue weighted by Crippen LogP contribution is -2.21. The molecule has 0 radical (unpaired) electrons. The third-order valence-electron chi connectivity index (χ3n) is 2.63. The highest BCUT2D eigenvalue weighted by atomic mass is 79.9. The van der Waals surface area contributed by atoms with Crippen LogP contribution in [0.25, 0.3) is 5.69 Å². The molecule has 6 heteroatoms. The molecule has 0 unspecified atom stereocenters. The van der Waals surface area contributed by atoms with E-state index in [2.05, 4.69) is 45.4 Å². The van der Waals surface area contributed by atoms with E-state index in [1.165, 1.54) is 0 Å². The summed E-state index contributed by atoms with van der Waals surface area (Å²) in [5.41, 5.74) is 1.83. The van der Waals surface area contributed by atoms with Crippen molar-refractivity contribution in [3.63, 3.8) is 0 Å². The van der Waals surface area contributed by atoms with Crippen LogP contribution in [0.2, 0.25) is 0 Å². The largest absolute Gasteiger partial charge is 0.495 e. The van der Waals surface area contributed by atoms with E-state index in [1.807, 2.05) is 24.4 Å². The molecule has 0 saturated heterocycles. The first kappa shape index (κ1) is 14.0. The van der Waals surface area contributed by atoms with Gasteiger partial charge in [0.2, 0.25) is 0 Å². The summed E-state index contributed by atoms with van der Waals surface area (Å²) >= 11 is 3.43. The van der Waals surface area contributed by atoms with Crippen molar-refractivity contribution in [2.45, 2.75) is 26.4 Å². The fourth-order valence-electron chi connectivity index (χ4n) is 1.61. The highest BCUT2D eigenvalue weighted by Gasteiger charge is 2.06. The maximum absolute atomic E-state index is 5.27. The highest BCUT2D eigenvalue weighted by Crippen LogP contribution is 2.26. The van der Waals surface area contributed by atoms with E-state index in [4.69, 9.17) is 4.74 Å². The third-order valence-corrected chi connectivity index (χ3v) is 3.29. The van der Waals surface area contributed by atoms with Gasteiger partial charge in [-0.25, -0.2) is 4.68 Å². The molecule has 0 saturated carbocycles. The molecule has 19 heavy (non-hydrogen) atoms. The van der Waals surface area contributed by atoms with E-state index in [0.29, 0.717) is 12.6 Å². The number of halogens is 1. The Morgan fingerprint density at radius 1 is 1.42 bits per heavy atom. The average Bonchev–Trinajstić information content (AvgIpc) is 2.86. The Morgan fingerprint density at radius 3 is 2.89 bits per heavy atom. The van der Waals surface area contributed by atoms with Gasteiger partial charge in [0.15, 0.2) is 0 Å². The zero-order valence-corrected chi connectivity index (χ0v) is 12.8. The van der Waals surface area contributed by atoms with Crippen molar-refractivity contribution in [2.75, 3.05) is 7.11 Å². The van der Waals surface area contributed by atoms with Crippen LogP contribution in [-0.2, 0) is 6.54 Å². The van der Waals surface area contributed by atoms with Crippen LogP contribution in [0.5, 0.6) is 5.75 Å². The van der Waals surface area contributed by atoms with Gasteiger partial charge < -0.3 is 10.1 Å². The van der Waals surface area contributed by atoms with Crippen LogP contribution < -0.4 is 10.1 Å². The SMILES string of the molecule is COc1cc(-n2cc(CNC(C)C)nn2)ccc1Br. The fourth-order valence-corrected chi connectivity index (χ4v) is 2.01. The number of hydrogen-bond donors (Lipinski definition) is 1. The quantitative estimate of drug-likeness (QED) is 0.918. The minimum Gasteiger partial charge on any atom is -0.495 e. The first-order valence-corrected chi connectivity index (χ1v) is 6.88. The van der Waals surface area contributed by atoms with Crippen molar-refractivity contribution < 1.29 is 4.74 Å². The van der Waals surface area contributed by atoms with Crippen molar-refractivity contribution in [1.82, 2.24) is 20.3 Å². The molecule has 0 amide bonds. The van der Waals surface area contributed by atoms with Gasteiger partial charge in [-0.2, -0.15) is 0 Å². The molecule has 102 valence electrons. The van der Waals surface area contributed by atoms with E-state index in [-0.39, 0.29) is 0 Å². The number of nitrogens with zero attached hydrogens (tertiary/aromatic N) is 3. The summed E-state index contributed by atoms with van der Waals surface area (Å²) in [6.45, 7) is 4.92. The van der Waals surface area contributed by atoms with E-state index in [9.17, 15) is 0 Å². The predicted molar refractivity (Wildman–Crippen MR) is 77.6 cm³/mol. The Labute approximate surface area is 121 Å². The van der Waals surface area contributed by atoms with Crippen LogP contribution in [-0.4, -0.2) is 28.1 Å². The van der Waals surface area contributed by atoms with Crippen LogP contribution in [0.15, 0.2) is 28.9 Å². The molecule has 0 fully saturated rings. The van der Waals surface area contributed by atoms with Gasteiger partial charge in [-0.15, -0.1) is 5.10 Å². The van der Waals surface area contributed by atoms with Gasteiger partial charge in [-0.3, -0.25) is 0 Å². The van der Waals surface area contributed by atoms with Gasteiger partial charge in [0.25, 0.3) is 0 Å². The summed E-state index contributed by atoms with van der Waals surface area (Å²) in [6.07, 6.45) is 1.91. The van der Waals surface area contributed by atoms with E-state index in [0.717, 1.165) is 21.6 Å². The summed E-state index contributed by atoms with van der Waals surface area (Å²) in [4.78, 5) is 0. The Kier molecular flexibility index (Phi) is 4.55. The summed E-state index contributed by atoms with van der Waals surface area (Å²) in [6, 6.07) is 6.24. The van der Waals surface area contributed by atoms with Crippen LogP contribution in [0, 0.1) is 0 Å². The smallest absolute Gasteiger partial charge is 0.135 e. The van der Waals surface area contributed by atoms with Crippen LogP contribution >= 0.6 is 15.9 Å². The monoisotopic (exact) mass is 324 g/mol. The molecule has 2 aromatic rings. The molecule has 0 aliphatic rings. The number of methoxy groups -OCH3 is 1. The Hall–Kier alpha value is -1.40. The van der Waals surface area contributed by atoms with E-state index >= 15 is 0 Å². The summed E-state index contributed by atoms with van der Waals surface area (Å²) < 4.78 is 7.93. The molecule has 0 aliphatic carbocycles. The Morgan fingerprint density at radius 2 is 2.21 bits per heavy atom. The summed E-state index contributed by atoms with van der Waals surface area (Å²) in [7, 11) is 1.64. The second-order valence-corrected chi connectivity index (χ2v) is 5.36. The number of hydrogen-bond acceptors (Lipinski definition) is 4. The lowest BCUT2D eigenvalue weighted by molar-refractivity contribution is 0.412. The van der Waals surface area contributed by atoms with Gasteiger partial charge in [0.05, 0.1) is 29.2 Å². The minimum atomic E-state index is 0.429. The molecule has 0 bridgehead atoms. The highest BCUT2D eigenvalue weighted by molar-refractivity contribution is 9.10. The van der Waals surface area contributed by atoms with Crippen molar-refractivity contribution in [3.05, 3.63) is 34.6 Å². The molecule has 1 heterocycles. The summed E-state index contributed by atoms with van der Waals surface area (Å²) in [5.74, 6) is 0.773. The van der Waals surface area contributed by atoms with Crippen molar-refractivity contribution in [3.8, 4) is 11.4 Å². The average molecular weight is 325 g/mol. The van der Waals surface area contributed by atoms with Gasteiger partial charge >= 0.3 is 0 Å².